The molecule has 0 atom stereocenters. The standard InChI is InChI=1S/C13H18N2S/c1-2-4-13-11(3-1)9-16-10-15(13)12-5-7-14-8-6-12/h1-4,12,14H,5-10H2. The van der Waals surface area contributed by atoms with E-state index in [4.69, 9.17) is 0 Å². The summed E-state index contributed by atoms with van der Waals surface area (Å²) in [4.78, 5) is 2.62. The van der Waals surface area contributed by atoms with Gasteiger partial charge in [0.25, 0.3) is 0 Å². The number of hydrogen-bond donors (Lipinski definition) is 1. The predicted octanol–water partition coefficient (Wildman–Crippen LogP) is 2.45. The van der Waals surface area contributed by atoms with Crippen molar-refractivity contribution in [2.75, 3.05) is 23.9 Å². The number of nitrogens with zero attached hydrogens (tertiary/aromatic N) is 1. The highest BCUT2D eigenvalue weighted by molar-refractivity contribution is 7.98. The number of piperidine rings is 1. The third-order valence-electron chi connectivity index (χ3n) is 3.54. The van der Waals surface area contributed by atoms with Crippen molar-refractivity contribution in [2.45, 2.75) is 24.6 Å². The van der Waals surface area contributed by atoms with Crippen molar-refractivity contribution in [3.05, 3.63) is 29.8 Å². The van der Waals surface area contributed by atoms with Crippen molar-refractivity contribution in [3.8, 4) is 0 Å². The van der Waals surface area contributed by atoms with Crippen LogP contribution in [0, 0.1) is 0 Å². The lowest BCUT2D eigenvalue weighted by Crippen LogP contribution is -2.44. The molecule has 2 aliphatic rings. The fraction of sp³-hybridized carbons (Fsp3) is 0.538. The summed E-state index contributed by atoms with van der Waals surface area (Å²) >= 11 is 2.04. The molecule has 0 amide bonds. The van der Waals surface area contributed by atoms with Gasteiger partial charge in [-0.25, -0.2) is 0 Å². The molecule has 0 unspecified atom stereocenters. The quantitative estimate of drug-likeness (QED) is 0.803. The normalized spacial score (nSPS) is 21.9. The highest BCUT2D eigenvalue weighted by Gasteiger charge is 2.25. The molecule has 2 aliphatic heterocycles. The van der Waals surface area contributed by atoms with Gasteiger partial charge in [-0.1, -0.05) is 18.2 Å². The molecule has 2 heterocycles. The first-order chi connectivity index (χ1) is 7.95. The van der Waals surface area contributed by atoms with Crippen LogP contribution in [-0.2, 0) is 5.75 Å². The Morgan fingerprint density at radius 3 is 2.88 bits per heavy atom. The minimum atomic E-state index is 0.746. The monoisotopic (exact) mass is 234 g/mol. The summed E-state index contributed by atoms with van der Waals surface area (Å²) in [5.74, 6) is 2.35. The Kier molecular flexibility index (Phi) is 3.06. The van der Waals surface area contributed by atoms with E-state index >= 15 is 0 Å². The van der Waals surface area contributed by atoms with Crippen LogP contribution in [-0.4, -0.2) is 25.0 Å². The first kappa shape index (κ1) is 10.5. The van der Waals surface area contributed by atoms with Crippen LogP contribution >= 0.6 is 11.8 Å². The first-order valence-electron chi connectivity index (χ1n) is 6.08. The third-order valence-corrected chi connectivity index (χ3v) is 4.51. The van der Waals surface area contributed by atoms with Gasteiger partial charge in [0.1, 0.15) is 0 Å². The molecule has 0 bridgehead atoms. The van der Waals surface area contributed by atoms with Crippen molar-refractivity contribution in [1.82, 2.24) is 5.32 Å². The van der Waals surface area contributed by atoms with E-state index in [1.807, 2.05) is 11.8 Å². The number of nitrogens with one attached hydrogen (secondary N) is 1. The molecule has 16 heavy (non-hydrogen) atoms. The zero-order valence-electron chi connectivity index (χ0n) is 9.48. The van der Waals surface area contributed by atoms with Crippen LogP contribution in [0.3, 0.4) is 0 Å². The van der Waals surface area contributed by atoms with Gasteiger partial charge in [-0.3, -0.25) is 0 Å². The molecule has 1 aromatic carbocycles. The van der Waals surface area contributed by atoms with Crippen LogP contribution in [0.4, 0.5) is 5.69 Å². The summed E-state index contributed by atoms with van der Waals surface area (Å²) in [7, 11) is 0. The van der Waals surface area contributed by atoms with E-state index in [1.165, 1.54) is 48.8 Å². The van der Waals surface area contributed by atoms with Crippen LogP contribution in [0.1, 0.15) is 18.4 Å². The van der Waals surface area contributed by atoms with Gasteiger partial charge < -0.3 is 10.2 Å². The van der Waals surface area contributed by atoms with Crippen LogP contribution < -0.4 is 10.2 Å². The smallest absolute Gasteiger partial charge is 0.0646 e. The Labute approximate surface area is 101 Å². The van der Waals surface area contributed by atoms with Crippen LogP contribution in [0.5, 0.6) is 0 Å². The molecule has 1 aromatic rings. The molecule has 3 heteroatoms. The number of thioether (sulfide) groups is 1. The molecule has 3 rings (SSSR count). The van der Waals surface area contributed by atoms with Gasteiger partial charge in [0.15, 0.2) is 0 Å². The third kappa shape index (κ3) is 1.94. The Balaban J connectivity index is 1.86. The lowest BCUT2D eigenvalue weighted by Gasteiger charge is -2.39. The van der Waals surface area contributed by atoms with Crippen molar-refractivity contribution < 1.29 is 0 Å². The summed E-state index contributed by atoms with van der Waals surface area (Å²) in [5, 5.41) is 3.44. The number of hydrogen-bond acceptors (Lipinski definition) is 3. The molecule has 1 fully saturated rings. The average molecular weight is 234 g/mol. The molecular formula is C13H18N2S. The summed E-state index contributed by atoms with van der Waals surface area (Å²) in [6, 6.07) is 9.64. The molecule has 1 saturated heterocycles. The van der Waals surface area contributed by atoms with Gasteiger partial charge in [0.2, 0.25) is 0 Å². The van der Waals surface area contributed by atoms with Crippen LogP contribution in [0.25, 0.3) is 0 Å². The minimum absolute atomic E-state index is 0.746. The number of anilines is 1. The number of benzene rings is 1. The Morgan fingerprint density at radius 2 is 2.00 bits per heavy atom. The van der Waals surface area contributed by atoms with E-state index in [-0.39, 0.29) is 0 Å². The fourth-order valence-corrected chi connectivity index (χ4v) is 3.76. The molecular weight excluding hydrogens is 216 g/mol. The van der Waals surface area contributed by atoms with Gasteiger partial charge >= 0.3 is 0 Å². The Hall–Kier alpha value is -0.670. The van der Waals surface area contributed by atoms with E-state index in [2.05, 4.69) is 34.5 Å². The second-order valence-corrected chi connectivity index (χ2v) is 5.51. The van der Waals surface area contributed by atoms with E-state index in [0.29, 0.717) is 0 Å². The number of fused-ring (bicyclic) bond motifs is 1. The van der Waals surface area contributed by atoms with Crippen molar-refractivity contribution in [2.24, 2.45) is 0 Å². The van der Waals surface area contributed by atoms with Gasteiger partial charge in [0.05, 0.1) is 5.88 Å². The maximum atomic E-state index is 3.44. The first-order valence-corrected chi connectivity index (χ1v) is 7.23. The summed E-state index contributed by atoms with van der Waals surface area (Å²) in [6.45, 7) is 2.35. The maximum Gasteiger partial charge on any atom is 0.0646 e. The van der Waals surface area contributed by atoms with E-state index in [9.17, 15) is 0 Å². The summed E-state index contributed by atoms with van der Waals surface area (Å²) in [6.07, 6.45) is 2.57. The molecule has 0 spiro atoms. The van der Waals surface area contributed by atoms with E-state index in [0.717, 1.165) is 6.04 Å². The SMILES string of the molecule is c1ccc2c(c1)CSCN2C1CCNCC1. The molecule has 2 nitrogen and oxygen atoms in total. The van der Waals surface area contributed by atoms with Gasteiger partial charge in [0, 0.05) is 17.5 Å². The second-order valence-electron chi connectivity index (χ2n) is 4.56. The number of para-hydroxylation sites is 1. The van der Waals surface area contributed by atoms with Crippen molar-refractivity contribution >= 4 is 17.4 Å². The number of rotatable bonds is 1. The average Bonchev–Trinajstić information content (AvgIpc) is 2.39. The van der Waals surface area contributed by atoms with Gasteiger partial charge in [-0.2, -0.15) is 0 Å². The molecule has 0 saturated carbocycles. The van der Waals surface area contributed by atoms with Crippen LogP contribution in [0.2, 0.25) is 0 Å². The largest absolute Gasteiger partial charge is 0.359 e. The van der Waals surface area contributed by atoms with Gasteiger partial charge in [-0.05, 0) is 37.6 Å². The molecule has 0 radical (unpaired) electrons. The second kappa shape index (κ2) is 4.68. The molecule has 86 valence electrons. The minimum Gasteiger partial charge on any atom is -0.359 e. The lowest BCUT2D eigenvalue weighted by molar-refractivity contribution is 0.440. The molecule has 0 aliphatic carbocycles. The highest BCUT2D eigenvalue weighted by atomic mass is 32.2. The van der Waals surface area contributed by atoms with Crippen LogP contribution in [0.15, 0.2) is 24.3 Å². The van der Waals surface area contributed by atoms with E-state index in [1.54, 1.807) is 0 Å². The van der Waals surface area contributed by atoms with Gasteiger partial charge in [-0.15, -0.1) is 11.8 Å². The zero-order valence-corrected chi connectivity index (χ0v) is 10.3. The lowest BCUT2D eigenvalue weighted by atomic mass is 10.0. The summed E-state index contributed by atoms with van der Waals surface area (Å²) in [5.41, 5.74) is 2.99. The maximum absolute atomic E-state index is 3.44. The zero-order chi connectivity index (χ0) is 10.8. The highest BCUT2D eigenvalue weighted by Crippen LogP contribution is 2.34. The van der Waals surface area contributed by atoms with Crippen molar-refractivity contribution in [1.29, 1.82) is 0 Å². The molecule has 1 N–H and O–H groups in total. The summed E-state index contributed by atoms with van der Waals surface area (Å²) < 4.78 is 0. The van der Waals surface area contributed by atoms with Crippen molar-refractivity contribution in [3.63, 3.8) is 0 Å². The Morgan fingerprint density at radius 1 is 1.19 bits per heavy atom. The predicted molar refractivity (Wildman–Crippen MR) is 71.0 cm³/mol. The molecule has 0 aromatic heterocycles. The fourth-order valence-electron chi connectivity index (χ4n) is 2.66. The van der Waals surface area contributed by atoms with E-state index < -0.39 is 0 Å². The Bertz CT molecular complexity index is 361. The topological polar surface area (TPSA) is 15.3 Å².